The minimum Gasteiger partial charge on any atom is -0.389 e. The molecule has 25 heavy (non-hydrogen) atoms. The van der Waals surface area contributed by atoms with Gasteiger partial charge in [-0.05, 0) is 44.2 Å². The number of aliphatic hydroxyl groups is 1. The van der Waals surface area contributed by atoms with Crippen LogP contribution in [-0.2, 0) is 0 Å². The van der Waals surface area contributed by atoms with E-state index in [1.807, 2.05) is 30.3 Å². The predicted octanol–water partition coefficient (Wildman–Crippen LogP) is 2.81. The monoisotopic (exact) mass is 340 g/mol. The second-order valence-electron chi connectivity index (χ2n) is 6.75. The Kier molecular flexibility index (Phi) is 5.59. The Bertz CT molecular complexity index is 751. The molecule has 2 rings (SSSR count). The molecule has 0 atom stereocenters. The van der Waals surface area contributed by atoms with Crippen molar-refractivity contribution in [2.75, 3.05) is 25.5 Å². The average molecular weight is 340 g/mol. The molecule has 2 amide bonds. The minimum absolute atomic E-state index is 0.189. The molecule has 5 heteroatoms. The Balaban J connectivity index is 2.21. The van der Waals surface area contributed by atoms with Crippen LogP contribution < -0.4 is 4.90 Å². The molecule has 0 spiro atoms. The average Bonchev–Trinajstić information content (AvgIpc) is 2.59. The minimum atomic E-state index is -0.981. The Morgan fingerprint density at radius 3 is 2.04 bits per heavy atom. The molecule has 0 saturated heterocycles. The highest BCUT2D eigenvalue weighted by atomic mass is 16.3. The molecule has 132 valence electrons. The lowest BCUT2D eigenvalue weighted by molar-refractivity contribution is 0.0368. The molecule has 1 N–H and O–H groups in total. The van der Waals surface area contributed by atoms with Crippen molar-refractivity contribution in [3.8, 4) is 0 Å². The molecule has 0 fully saturated rings. The van der Waals surface area contributed by atoms with Gasteiger partial charge in [0.15, 0.2) is 0 Å². The van der Waals surface area contributed by atoms with Gasteiger partial charge in [0, 0.05) is 37.5 Å². The largest absolute Gasteiger partial charge is 0.389 e. The zero-order valence-corrected chi connectivity index (χ0v) is 15.1. The molecule has 0 aliphatic heterocycles. The van der Waals surface area contributed by atoms with Gasteiger partial charge < -0.3 is 14.9 Å². The molecular formula is C20H24N2O3. The van der Waals surface area contributed by atoms with Crippen LogP contribution >= 0.6 is 0 Å². The molecule has 2 aromatic carbocycles. The van der Waals surface area contributed by atoms with E-state index in [9.17, 15) is 14.7 Å². The number of para-hydroxylation sites is 1. The third-order valence-corrected chi connectivity index (χ3v) is 3.78. The normalized spacial score (nSPS) is 11.1. The molecule has 2 aromatic rings. The standard InChI is InChI=1S/C20H24N2O3/c1-20(2,25)14-21(3)18(23)15-9-8-10-16(13-15)19(24)22(4)17-11-6-5-7-12-17/h5-13,25H,14H2,1-4H3. The van der Waals surface area contributed by atoms with Crippen molar-refractivity contribution in [2.45, 2.75) is 19.4 Å². The number of anilines is 1. The summed E-state index contributed by atoms with van der Waals surface area (Å²) in [5, 5.41) is 9.87. The lowest BCUT2D eigenvalue weighted by atomic mass is 10.1. The predicted molar refractivity (Wildman–Crippen MR) is 98.9 cm³/mol. The Hall–Kier alpha value is -2.66. The van der Waals surface area contributed by atoms with E-state index in [0.717, 1.165) is 5.69 Å². The zero-order chi connectivity index (χ0) is 18.6. The van der Waals surface area contributed by atoms with Gasteiger partial charge in [0.2, 0.25) is 0 Å². The number of hydrogen-bond acceptors (Lipinski definition) is 3. The van der Waals surface area contributed by atoms with Gasteiger partial charge in [0.1, 0.15) is 0 Å². The summed E-state index contributed by atoms with van der Waals surface area (Å²) in [6.45, 7) is 3.49. The van der Waals surface area contributed by atoms with Gasteiger partial charge in [0.05, 0.1) is 5.60 Å². The second-order valence-corrected chi connectivity index (χ2v) is 6.75. The lowest BCUT2D eigenvalue weighted by Gasteiger charge is -2.25. The number of hydrogen-bond donors (Lipinski definition) is 1. The fourth-order valence-corrected chi connectivity index (χ4v) is 2.62. The van der Waals surface area contributed by atoms with Crippen LogP contribution in [0.25, 0.3) is 0 Å². The van der Waals surface area contributed by atoms with Gasteiger partial charge >= 0.3 is 0 Å². The summed E-state index contributed by atoms with van der Waals surface area (Å²) in [4.78, 5) is 28.2. The van der Waals surface area contributed by atoms with E-state index in [1.54, 1.807) is 57.1 Å². The van der Waals surface area contributed by atoms with E-state index in [-0.39, 0.29) is 18.4 Å². The van der Waals surface area contributed by atoms with Gasteiger partial charge in [-0.2, -0.15) is 0 Å². The molecule has 0 aliphatic rings. The number of nitrogens with zero attached hydrogens (tertiary/aromatic N) is 2. The smallest absolute Gasteiger partial charge is 0.258 e. The van der Waals surface area contributed by atoms with Crippen molar-refractivity contribution in [1.82, 2.24) is 4.90 Å². The summed E-state index contributed by atoms with van der Waals surface area (Å²) in [5.41, 5.74) is 0.655. The lowest BCUT2D eigenvalue weighted by Crippen LogP contribution is -2.39. The first-order valence-corrected chi connectivity index (χ1v) is 8.10. The van der Waals surface area contributed by atoms with Gasteiger partial charge in [0.25, 0.3) is 11.8 Å². The molecular weight excluding hydrogens is 316 g/mol. The summed E-state index contributed by atoms with van der Waals surface area (Å²) < 4.78 is 0. The van der Waals surface area contributed by atoms with Crippen molar-refractivity contribution < 1.29 is 14.7 Å². The van der Waals surface area contributed by atoms with Crippen LogP contribution in [0.3, 0.4) is 0 Å². The first-order chi connectivity index (χ1) is 11.7. The van der Waals surface area contributed by atoms with E-state index < -0.39 is 5.60 Å². The summed E-state index contributed by atoms with van der Waals surface area (Å²) in [7, 11) is 3.33. The van der Waals surface area contributed by atoms with Crippen molar-refractivity contribution in [3.63, 3.8) is 0 Å². The van der Waals surface area contributed by atoms with Crippen LogP contribution in [-0.4, -0.2) is 48.1 Å². The van der Waals surface area contributed by atoms with Crippen LogP contribution in [0.15, 0.2) is 54.6 Å². The molecule has 0 heterocycles. The van der Waals surface area contributed by atoms with E-state index in [4.69, 9.17) is 0 Å². The SMILES string of the molecule is CN(CC(C)(C)O)C(=O)c1cccc(C(=O)N(C)c2ccccc2)c1. The van der Waals surface area contributed by atoms with Crippen molar-refractivity contribution in [3.05, 3.63) is 65.7 Å². The molecule has 0 unspecified atom stereocenters. The van der Waals surface area contributed by atoms with Crippen molar-refractivity contribution in [2.24, 2.45) is 0 Å². The molecule has 0 aromatic heterocycles. The van der Waals surface area contributed by atoms with Crippen molar-refractivity contribution in [1.29, 1.82) is 0 Å². The maximum Gasteiger partial charge on any atom is 0.258 e. The number of amides is 2. The van der Waals surface area contributed by atoms with Crippen molar-refractivity contribution >= 4 is 17.5 Å². The maximum absolute atomic E-state index is 12.7. The fraction of sp³-hybridized carbons (Fsp3) is 0.300. The summed E-state index contributed by atoms with van der Waals surface area (Å²) in [5.74, 6) is -0.426. The van der Waals surface area contributed by atoms with Crippen LogP contribution in [0.4, 0.5) is 5.69 Å². The van der Waals surface area contributed by atoms with E-state index in [2.05, 4.69) is 0 Å². The van der Waals surface area contributed by atoms with Gasteiger partial charge in [-0.3, -0.25) is 9.59 Å². The van der Waals surface area contributed by atoms with Crippen LogP contribution in [0.5, 0.6) is 0 Å². The number of rotatable bonds is 5. The highest BCUT2D eigenvalue weighted by molar-refractivity contribution is 6.07. The van der Waals surface area contributed by atoms with Crippen LogP contribution in [0.1, 0.15) is 34.6 Å². The summed E-state index contributed by atoms with van der Waals surface area (Å²) in [6.07, 6.45) is 0. The number of carbonyl (C=O) groups is 2. The van der Waals surface area contributed by atoms with Gasteiger partial charge in [-0.1, -0.05) is 24.3 Å². The summed E-state index contributed by atoms with van der Waals surface area (Å²) in [6, 6.07) is 16.0. The Labute approximate surface area is 148 Å². The highest BCUT2D eigenvalue weighted by Crippen LogP contribution is 2.16. The first kappa shape index (κ1) is 18.7. The van der Waals surface area contributed by atoms with E-state index in [0.29, 0.717) is 11.1 Å². The second kappa shape index (κ2) is 7.49. The van der Waals surface area contributed by atoms with Gasteiger partial charge in [-0.25, -0.2) is 0 Å². The number of benzene rings is 2. The fourth-order valence-electron chi connectivity index (χ4n) is 2.62. The molecule has 0 bridgehead atoms. The maximum atomic E-state index is 12.7. The van der Waals surface area contributed by atoms with E-state index in [1.165, 1.54) is 4.90 Å². The summed E-state index contributed by atoms with van der Waals surface area (Å²) >= 11 is 0. The topological polar surface area (TPSA) is 60.9 Å². The molecule has 5 nitrogen and oxygen atoms in total. The third kappa shape index (κ3) is 4.90. The van der Waals surface area contributed by atoms with Gasteiger partial charge in [-0.15, -0.1) is 0 Å². The zero-order valence-electron chi connectivity index (χ0n) is 15.1. The van der Waals surface area contributed by atoms with Crippen LogP contribution in [0, 0.1) is 0 Å². The Morgan fingerprint density at radius 1 is 0.920 bits per heavy atom. The molecule has 0 saturated carbocycles. The Morgan fingerprint density at radius 2 is 1.48 bits per heavy atom. The van der Waals surface area contributed by atoms with Crippen LogP contribution in [0.2, 0.25) is 0 Å². The first-order valence-electron chi connectivity index (χ1n) is 8.10. The highest BCUT2D eigenvalue weighted by Gasteiger charge is 2.21. The quantitative estimate of drug-likeness (QED) is 0.910. The van der Waals surface area contributed by atoms with E-state index >= 15 is 0 Å². The number of carbonyl (C=O) groups excluding carboxylic acids is 2. The number of likely N-dealkylation sites (N-methyl/N-ethyl adjacent to an activating group) is 1. The molecule has 0 radical (unpaired) electrons. The molecule has 0 aliphatic carbocycles. The third-order valence-electron chi connectivity index (χ3n) is 3.78.